The van der Waals surface area contributed by atoms with Crippen LogP contribution in [0.4, 0.5) is 0 Å². The first-order chi connectivity index (χ1) is 9.54. The van der Waals surface area contributed by atoms with Crippen molar-refractivity contribution in [3.05, 3.63) is 69.2 Å². The van der Waals surface area contributed by atoms with Crippen molar-refractivity contribution in [1.82, 2.24) is 0 Å². The molecule has 3 nitrogen and oxygen atoms in total. The first kappa shape index (κ1) is 14.5. The van der Waals surface area contributed by atoms with Gasteiger partial charge < -0.3 is 4.74 Å². The second-order valence-corrected chi connectivity index (χ2v) is 5.24. The number of carbonyl (C=O) groups is 2. The number of carbonyl (C=O) groups excluding carboxylic acids is 2. The van der Waals surface area contributed by atoms with E-state index in [1.54, 1.807) is 30.3 Å². The lowest BCUT2D eigenvalue weighted by Gasteiger charge is -2.09. The fourth-order valence-electron chi connectivity index (χ4n) is 1.95. The molecular weight excluding hydrogens is 320 g/mol. The van der Waals surface area contributed by atoms with Crippen LogP contribution in [-0.4, -0.2) is 18.9 Å². The maximum absolute atomic E-state index is 12.6. The molecule has 0 bridgehead atoms. The van der Waals surface area contributed by atoms with Crippen LogP contribution in [0.15, 0.2) is 46.9 Å². The SMILES string of the molecule is COC(=O)c1ccccc1C(=O)c1cc(Br)ccc1C. The van der Waals surface area contributed by atoms with E-state index in [9.17, 15) is 9.59 Å². The van der Waals surface area contributed by atoms with E-state index in [0.29, 0.717) is 11.1 Å². The van der Waals surface area contributed by atoms with E-state index in [2.05, 4.69) is 15.9 Å². The van der Waals surface area contributed by atoms with E-state index in [1.165, 1.54) is 7.11 Å². The Labute approximate surface area is 125 Å². The van der Waals surface area contributed by atoms with Crippen LogP contribution in [0.1, 0.15) is 31.8 Å². The van der Waals surface area contributed by atoms with Gasteiger partial charge >= 0.3 is 5.97 Å². The van der Waals surface area contributed by atoms with Crippen LogP contribution in [0.3, 0.4) is 0 Å². The van der Waals surface area contributed by atoms with Crippen LogP contribution in [0, 0.1) is 6.92 Å². The number of aryl methyl sites for hydroxylation is 1. The van der Waals surface area contributed by atoms with Crippen molar-refractivity contribution in [2.75, 3.05) is 7.11 Å². The van der Waals surface area contributed by atoms with Gasteiger partial charge in [-0.15, -0.1) is 0 Å². The summed E-state index contributed by atoms with van der Waals surface area (Å²) in [4.78, 5) is 24.4. The Bertz CT molecular complexity index is 677. The fraction of sp³-hybridized carbons (Fsp3) is 0.125. The number of rotatable bonds is 3. The number of esters is 1. The van der Waals surface area contributed by atoms with E-state index in [4.69, 9.17) is 4.74 Å². The first-order valence-electron chi connectivity index (χ1n) is 6.02. The van der Waals surface area contributed by atoms with Gasteiger partial charge in [0.15, 0.2) is 5.78 Å². The maximum Gasteiger partial charge on any atom is 0.338 e. The number of ketones is 1. The van der Waals surface area contributed by atoms with Crippen molar-refractivity contribution in [2.45, 2.75) is 6.92 Å². The van der Waals surface area contributed by atoms with Crippen LogP contribution in [-0.2, 0) is 4.74 Å². The number of benzene rings is 2. The third-order valence-corrected chi connectivity index (χ3v) is 3.51. The molecule has 2 rings (SSSR count). The highest BCUT2D eigenvalue weighted by Crippen LogP contribution is 2.21. The quantitative estimate of drug-likeness (QED) is 0.634. The van der Waals surface area contributed by atoms with Crippen molar-refractivity contribution < 1.29 is 14.3 Å². The molecule has 0 amide bonds. The minimum absolute atomic E-state index is 0.190. The molecule has 20 heavy (non-hydrogen) atoms. The monoisotopic (exact) mass is 332 g/mol. The number of ether oxygens (including phenoxy) is 1. The fourth-order valence-corrected chi connectivity index (χ4v) is 2.31. The zero-order valence-electron chi connectivity index (χ0n) is 11.1. The van der Waals surface area contributed by atoms with E-state index >= 15 is 0 Å². The first-order valence-corrected chi connectivity index (χ1v) is 6.82. The van der Waals surface area contributed by atoms with Gasteiger partial charge in [0.05, 0.1) is 12.7 Å². The van der Waals surface area contributed by atoms with Crippen molar-refractivity contribution in [1.29, 1.82) is 0 Å². The Hall–Kier alpha value is -1.94. The largest absolute Gasteiger partial charge is 0.465 e. The van der Waals surface area contributed by atoms with Crippen LogP contribution < -0.4 is 0 Å². The molecule has 0 fully saturated rings. The van der Waals surface area contributed by atoms with Gasteiger partial charge in [-0.25, -0.2) is 4.79 Å². The summed E-state index contributed by atoms with van der Waals surface area (Å²) >= 11 is 3.35. The molecule has 0 saturated carbocycles. The molecule has 102 valence electrons. The highest BCUT2D eigenvalue weighted by atomic mass is 79.9. The third-order valence-electron chi connectivity index (χ3n) is 3.02. The van der Waals surface area contributed by atoms with Crippen LogP contribution in [0.2, 0.25) is 0 Å². The average Bonchev–Trinajstić information content (AvgIpc) is 2.48. The Morgan fingerprint density at radius 3 is 2.30 bits per heavy atom. The second-order valence-electron chi connectivity index (χ2n) is 4.33. The molecule has 0 radical (unpaired) electrons. The summed E-state index contributed by atoms with van der Waals surface area (Å²) in [5.41, 5.74) is 2.05. The number of halogens is 1. The molecular formula is C16H13BrO3. The number of methoxy groups -OCH3 is 1. The summed E-state index contributed by atoms with van der Waals surface area (Å²) in [6, 6.07) is 12.1. The molecule has 0 aliphatic carbocycles. The molecule has 0 unspecified atom stereocenters. The van der Waals surface area contributed by atoms with Crippen molar-refractivity contribution >= 4 is 27.7 Å². The number of hydrogen-bond acceptors (Lipinski definition) is 3. The Balaban J connectivity index is 2.54. The molecule has 0 heterocycles. The van der Waals surface area contributed by atoms with Gasteiger partial charge in [-0.1, -0.05) is 40.2 Å². The molecule has 0 aromatic heterocycles. The molecule has 0 spiro atoms. The van der Waals surface area contributed by atoms with Gasteiger partial charge in [0.1, 0.15) is 0 Å². The molecule has 0 atom stereocenters. The molecule has 0 saturated heterocycles. The van der Waals surface area contributed by atoms with E-state index in [0.717, 1.165) is 10.0 Å². The average molecular weight is 333 g/mol. The summed E-state index contributed by atoms with van der Waals surface area (Å²) in [5.74, 6) is -0.702. The minimum atomic E-state index is -0.512. The molecule has 4 heteroatoms. The van der Waals surface area contributed by atoms with E-state index in [1.807, 2.05) is 19.1 Å². The van der Waals surface area contributed by atoms with Gasteiger partial charge in [-0.05, 0) is 30.7 Å². The minimum Gasteiger partial charge on any atom is -0.465 e. The van der Waals surface area contributed by atoms with Crippen LogP contribution in [0.5, 0.6) is 0 Å². The molecule has 2 aromatic rings. The lowest BCUT2D eigenvalue weighted by molar-refractivity contribution is 0.0597. The molecule has 0 aliphatic rings. The molecule has 2 aromatic carbocycles. The van der Waals surface area contributed by atoms with Gasteiger partial charge in [0.2, 0.25) is 0 Å². The summed E-state index contributed by atoms with van der Waals surface area (Å²) in [6.07, 6.45) is 0. The third kappa shape index (κ3) is 2.80. The standard InChI is InChI=1S/C16H13BrO3/c1-10-7-8-11(17)9-14(10)15(18)12-5-3-4-6-13(12)16(19)20-2/h3-9H,1-2H3. The molecule has 0 aliphatic heterocycles. The van der Waals surface area contributed by atoms with Crippen molar-refractivity contribution in [3.8, 4) is 0 Å². The predicted molar refractivity (Wildman–Crippen MR) is 80.1 cm³/mol. The van der Waals surface area contributed by atoms with Gasteiger partial charge in [-0.3, -0.25) is 4.79 Å². The number of hydrogen-bond donors (Lipinski definition) is 0. The topological polar surface area (TPSA) is 43.4 Å². The second kappa shape index (κ2) is 6.01. The van der Waals surface area contributed by atoms with Crippen molar-refractivity contribution in [2.24, 2.45) is 0 Å². The highest BCUT2D eigenvalue weighted by molar-refractivity contribution is 9.10. The summed E-state index contributed by atoms with van der Waals surface area (Å²) in [6.45, 7) is 1.86. The van der Waals surface area contributed by atoms with E-state index < -0.39 is 5.97 Å². The Morgan fingerprint density at radius 2 is 1.65 bits per heavy atom. The zero-order chi connectivity index (χ0) is 14.7. The lowest BCUT2D eigenvalue weighted by Crippen LogP contribution is -2.12. The highest BCUT2D eigenvalue weighted by Gasteiger charge is 2.19. The van der Waals surface area contributed by atoms with Crippen LogP contribution >= 0.6 is 15.9 Å². The van der Waals surface area contributed by atoms with Gasteiger partial charge in [0.25, 0.3) is 0 Å². The lowest BCUT2D eigenvalue weighted by atomic mass is 9.95. The van der Waals surface area contributed by atoms with Gasteiger partial charge in [0, 0.05) is 15.6 Å². The Kier molecular flexibility index (Phi) is 4.35. The Morgan fingerprint density at radius 1 is 1.00 bits per heavy atom. The maximum atomic E-state index is 12.6. The zero-order valence-corrected chi connectivity index (χ0v) is 12.7. The van der Waals surface area contributed by atoms with Crippen molar-refractivity contribution in [3.63, 3.8) is 0 Å². The van der Waals surface area contributed by atoms with Gasteiger partial charge in [-0.2, -0.15) is 0 Å². The smallest absolute Gasteiger partial charge is 0.338 e. The van der Waals surface area contributed by atoms with Crippen LogP contribution in [0.25, 0.3) is 0 Å². The van der Waals surface area contributed by atoms with E-state index in [-0.39, 0.29) is 11.3 Å². The molecule has 0 N–H and O–H groups in total. The summed E-state index contributed by atoms with van der Waals surface area (Å²) in [7, 11) is 1.30. The normalized spacial score (nSPS) is 10.2. The summed E-state index contributed by atoms with van der Waals surface area (Å²) in [5, 5.41) is 0. The summed E-state index contributed by atoms with van der Waals surface area (Å²) < 4.78 is 5.54. The predicted octanol–water partition coefficient (Wildman–Crippen LogP) is 3.78.